The summed E-state index contributed by atoms with van der Waals surface area (Å²) in [5.74, 6) is -0.186. The van der Waals surface area contributed by atoms with Gasteiger partial charge in [-0.1, -0.05) is 19.1 Å². The molecule has 0 fully saturated rings. The van der Waals surface area contributed by atoms with Crippen LogP contribution in [0, 0.1) is 19.7 Å². The Morgan fingerprint density at radius 2 is 1.94 bits per heavy atom. The summed E-state index contributed by atoms with van der Waals surface area (Å²) in [5, 5.41) is 3.30. The highest BCUT2D eigenvalue weighted by atomic mass is 19.1. The second-order valence-electron chi connectivity index (χ2n) is 4.46. The number of nitrogens with zero attached hydrogens (tertiary/aromatic N) is 1. The predicted molar refractivity (Wildman–Crippen MR) is 72.6 cm³/mol. The lowest BCUT2D eigenvalue weighted by Crippen LogP contribution is -2.12. The van der Waals surface area contributed by atoms with Crippen LogP contribution in [0.15, 0.2) is 30.3 Å². The fourth-order valence-electron chi connectivity index (χ4n) is 2.27. The van der Waals surface area contributed by atoms with Gasteiger partial charge in [0.1, 0.15) is 5.82 Å². The Hall–Kier alpha value is -1.61. The number of aromatic nitrogens is 1. The van der Waals surface area contributed by atoms with Gasteiger partial charge in [0, 0.05) is 17.9 Å². The van der Waals surface area contributed by atoms with Crippen LogP contribution in [-0.2, 0) is 6.54 Å². The van der Waals surface area contributed by atoms with E-state index in [4.69, 9.17) is 0 Å². The Balaban J connectivity index is 2.46. The van der Waals surface area contributed by atoms with Crippen LogP contribution in [0.1, 0.15) is 23.9 Å². The van der Waals surface area contributed by atoms with Crippen molar-refractivity contribution in [1.82, 2.24) is 9.88 Å². The van der Waals surface area contributed by atoms with Crippen LogP contribution in [-0.4, -0.2) is 11.1 Å². The van der Waals surface area contributed by atoms with E-state index < -0.39 is 0 Å². The van der Waals surface area contributed by atoms with Crippen LogP contribution >= 0.6 is 0 Å². The number of rotatable bonds is 4. The molecular formula is C15H19FN2. The molecule has 3 heteroatoms. The van der Waals surface area contributed by atoms with E-state index in [0.29, 0.717) is 5.69 Å². The van der Waals surface area contributed by atoms with E-state index in [-0.39, 0.29) is 5.82 Å². The zero-order chi connectivity index (χ0) is 13.1. The number of halogens is 1. The third-order valence-corrected chi connectivity index (χ3v) is 3.19. The summed E-state index contributed by atoms with van der Waals surface area (Å²) in [7, 11) is 0. The van der Waals surface area contributed by atoms with Gasteiger partial charge in [-0.25, -0.2) is 4.39 Å². The van der Waals surface area contributed by atoms with E-state index >= 15 is 0 Å². The van der Waals surface area contributed by atoms with E-state index in [1.807, 2.05) is 30.5 Å². The molecule has 2 nitrogen and oxygen atoms in total. The Kier molecular flexibility index (Phi) is 3.82. The largest absolute Gasteiger partial charge is 0.315 e. The zero-order valence-electron chi connectivity index (χ0n) is 11.1. The minimum absolute atomic E-state index is 0.186. The summed E-state index contributed by atoms with van der Waals surface area (Å²) in [5.41, 5.74) is 4.00. The first-order valence-corrected chi connectivity index (χ1v) is 6.28. The van der Waals surface area contributed by atoms with Crippen LogP contribution in [0.25, 0.3) is 5.69 Å². The number of hydrogen-bond donors (Lipinski definition) is 1. The minimum atomic E-state index is -0.186. The highest BCUT2D eigenvalue weighted by Gasteiger charge is 2.12. The average molecular weight is 246 g/mol. The highest BCUT2D eigenvalue weighted by Crippen LogP contribution is 2.22. The number of para-hydroxylation sites is 1. The summed E-state index contributed by atoms with van der Waals surface area (Å²) in [4.78, 5) is 0. The Morgan fingerprint density at radius 3 is 2.61 bits per heavy atom. The summed E-state index contributed by atoms with van der Waals surface area (Å²) >= 11 is 0. The molecule has 0 aliphatic carbocycles. The van der Waals surface area contributed by atoms with Crippen molar-refractivity contribution in [3.05, 3.63) is 53.1 Å². The van der Waals surface area contributed by atoms with Crippen LogP contribution < -0.4 is 5.32 Å². The molecule has 0 aliphatic rings. The van der Waals surface area contributed by atoms with Crippen molar-refractivity contribution in [3.63, 3.8) is 0 Å². The lowest BCUT2D eigenvalue weighted by Gasteiger charge is -2.11. The quantitative estimate of drug-likeness (QED) is 0.875. The van der Waals surface area contributed by atoms with Crippen LogP contribution in [0.3, 0.4) is 0 Å². The first-order chi connectivity index (χ1) is 8.65. The summed E-state index contributed by atoms with van der Waals surface area (Å²) in [6, 6.07) is 9.00. The van der Waals surface area contributed by atoms with Crippen molar-refractivity contribution in [2.75, 3.05) is 6.54 Å². The van der Waals surface area contributed by atoms with Crippen LogP contribution in [0.5, 0.6) is 0 Å². The molecule has 0 amide bonds. The molecule has 96 valence electrons. The lowest BCUT2D eigenvalue weighted by molar-refractivity contribution is 0.615. The molecule has 1 aromatic carbocycles. The molecular weight excluding hydrogens is 227 g/mol. The number of benzene rings is 1. The zero-order valence-corrected chi connectivity index (χ0v) is 11.1. The molecule has 0 radical (unpaired) electrons. The Morgan fingerprint density at radius 1 is 1.22 bits per heavy atom. The van der Waals surface area contributed by atoms with Crippen molar-refractivity contribution >= 4 is 0 Å². The number of nitrogens with one attached hydrogen (secondary N) is 1. The van der Waals surface area contributed by atoms with Gasteiger partial charge in [-0.15, -0.1) is 0 Å². The van der Waals surface area contributed by atoms with Crippen molar-refractivity contribution in [3.8, 4) is 5.69 Å². The second-order valence-corrected chi connectivity index (χ2v) is 4.46. The highest BCUT2D eigenvalue weighted by molar-refractivity contribution is 5.41. The van der Waals surface area contributed by atoms with Gasteiger partial charge in [0.25, 0.3) is 0 Å². The first kappa shape index (κ1) is 12.8. The van der Waals surface area contributed by atoms with Crippen molar-refractivity contribution in [2.45, 2.75) is 27.3 Å². The number of aryl methyl sites for hydroxylation is 1. The molecule has 0 atom stereocenters. The van der Waals surface area contributed by atoms with Gasteiger partial charge in [-0.2, -0.15) is 0 Å². The molecule has 0 saturated heterocycles. The van der Waals surface area contributed by atoms with Crippen LogP contribution in [0.4, 0.5) is 4.39 Å². The van der Waals surface area contributed by atoms with Gasteiger partial charge in [0.2, 0.25) is 0 Å². The topological polar surface area (TPSA) is 17.0 Å². The SMILES string of the molecule is CCNCc1cc(C)n(-c2ccccc2F)c1C. The van der Waals surface area contributed by atoms with E-state index in [0.717, 1.165) is 24.5 Å². The molecule has 1 aromatic heterocycles. The van der Waals surface area contributed by atoms with Gasteiger partial charge >= 0.3 is 0 Å². The third-order valence-electron chi connectivity index (χ3n) is 3.19. The Labute approximate surface area is 107 Å². The average Bonchev–Trinajstić information content (AvgIpc) is 2.63. The lowest BCUT2D eigenvalue weighted by atomic mass is 10.2. The molecule has 2 aromatic rings. The molecule has 0 saturated carbocycles. The molecule has 2 rings (SSSR count). The van der Waals surface area contributed by atoms with Crippen molar-refractivity contribution in [2.24, 2.45) is 0 Å². The van der Waals surface area contributed by atoms with Gasteiger partial charge in [0.15, 0.2) is 0 Å². The minimum Gasteiger partial charge on any atom is -0.315 e. The van der Waals surface area contributed by atoms with E-state index in [1.165, 1.54) is 11.6 Å². The fraction of sp³-hybridized carbons (Fsp3) is 0.333. The maximum atomic E-state index is 13.9. The predicted octanol–water partition coefficient (Wildman–Crippen LogP) is 3.34. The fourth-order valence-corrected chi connectivity index (χ4v) is 2.27. The third kappa shape index (κ3) is 2.31. The van der Waals surface area contributed by atoms with Gasteiger partial charge in [-0.05, 0) is 44.2 Å². The van der Waals surface area contributed by atoms with E-state index in [9.17, 15) is 4.39 Å². The van der Waals surface area contributed by atoms with Crippen LogP contribution in [0.2, 0.25) is 0 Å². The standard InChI is InChI=1S/C15H19FN2/c1-4-17-10-13-9-11(2)18(12(13)3)15-8-6-5-7-14(15)16/h5-9,17H,4,10H2,1-3H3. The van der Waals surface area contributed by atoms with E-state index in [1.54, 1.807) is 6.07 Å². The summed E-state index contributed by atoms with van der Waals surface area (Å²) in [6.45, 7) is 7.88. The van der Waals surface area contributed by atoms with Gasteiger partial charge in [0.05, 0.1) is 5.69 Å². The van der Waals surface area contributed by atoms with Crippen molar-refractivity contribution in [1.29, 1.82) is 0 Å². The Bertz CT molecular complexity index is 543. The maximum absolute atomic E-state index is 13.9. The summed E-state index contributed by atoms with van der Waals surface area (Å²) < 4.78 is 15.8. The van der Waals surface area contributed by atoms with Crippen molar-refractivity contribution < 1.29 is 4.39 Å². The smallest absolute Gasteiger partial charge is 0.147 e. The molecule has 18 heavy (non-hydrogen) atoms. The molecule has 1 heterocycles. The second kappa shape index (κ2) is 5.36. The summed E-state index contributed by atoms with van der Waals surface area (Å²) in [6.07, 6.45) is 0. The first-order valence-electron chi connectivity index (χ1n) is 6.28. The molecule has 1 N–H and O–H groups in total. The molecule has 0 aliphatic heterocycles. The molecule has 0 bridgehead atoms. The van der Waals surface area contributed by atoms with E-state index in [2.05, 4.69) is 18.3 Å². The normalized spacial score (nSPS) is 10.9. The van der Waals surface area contributed by atoms with Gasteiger partial charge in [-0.3, -0.25) is 0 Å². The molecule has 0 unspecified atom stereocenters. The number of hydrogen-bond acceptors (Lipinski definition) is 1. The monoisotopic (exact) mass is 246 g/mol. The van der Waals surface area contributed by atoms with Gasteiger partial charge < -0.3 is 9.88 Å². The molecule has 0 spiro atoms. The maximum Gasteiger partial charge on any atom is 0.147 e.